The summed E-state index contributed by atoms with van der Waals surface area (Å²) < 4.78 is 26.8. The first-order chi connectivity index (χ1) is 8.45. The molecule has 0 atom stereocenters. The molecule has 0 amide bonds. The Morgan fingerprint density at radius 1 is 1.50 bits per heavy atom. The second kappa shape index (κ2) is 5.49. The molecule has 0 bridgehead atoms. The fraction of sp³-hybridized carbons (Fsp3) is 0.667. The van der Waals surface area contributed by atoms with E-state index in [1.165, 1.54) is 11.3 Å². The summed E-state index contributed by atoms with van der Waals surface area (Å²) in [5, 5.41) is 1.70. The standard InChI is InChI=1S/C12H18ClNO2S2/c1-9(2)7-14(10-3-4-10)18(15,16)12-5-11(6-13)17-8-12/h5,8-10H,3-4,6-7H2,1-2H3. The Hall–Kier alpha value is -0.100. The molecule has 0 saturated heterocycles. The molecule has 0 aromatic carbocycles. The zero-order valence-corrected chi connectivity index (χ0v) is 13.0. The van der Waals surface area contributed by atoms with E-state index in [0.29, 0.717) is 23.2 Å². The minimum Gasteiger partial charge on any atom is -0.207 e. The molecule has 0 spiro atoms. The summed E-state index contributed by atoms with van der Waals surface area (Å²) in [5.74, 6) is 0.708. The molecular formula is C12H18ClNO2S2. The minimum atomic E-state index is -3.34. The van der Waals surface area contributed by atoms with Gasteiger partial charge in [-0.1, -0.05) is 13.8 Å². The lowest BCUT2D eigenvalue weighted by molar-refractivity contribution is 0.360. The monoisotopic (exact) mass is 307 g/mol. The van der Waals surface area contributed by atoms with Crippen molar-refractivity contribution < 1.29 is 8.42 Å². The van der Waals surface area contributed by atoms with Crippen LogP contribution in [-0.2, 0) is 15.9 Å². The molecule has 0 N–H and O–H groups in total. The highest BCUT2D eigenvalue weighted by atomic mass is 35.5. The van der Waals surface area contributed by atoms with Crippen LogP contribution in [0, 0.1) is 5.92 Å². The van der Waals surface area contributed by atoms with Crippen LogP contribution in [0.15, 0.2) is 16.3 Å². The van der Waals surface area contributed by atoms with Crippen LogP contribution in [0.3, 0.4) is 0 Å². The molecule has 1 saturated carbocycles. The maximum atomic E-state index is 12.6. The Morgan fingerprint density at radius 2 is 2.17 bits per heavy atom. The van der Waals surface area contributed by atoms with Gasteiger partial charge in [-0.3, -0.25) is 0 Å². The molecule has 1 aliphatic rings. The van der Waals surface area contributed by atoms with Gasteiger partial charge >= 0.3 is 0 Å². The summed E-state index contributed by atoms with van der Waals surface area (Å²) in [6, 6.07) is 1.90. The second-order valence-electron chi connectivity index (χ2n) is 5.08. The third-order valence-electron chi connectivity index (χ3n) is 2.87. The van der Waals surface area contributed by atoms with Crippen molar-refractivity contribution in [2.75, 3.05) is 6.54 Å². The minimum absolute atomic E-state index is 0.205. The topological polar surface area (TPSA) is 37.4 Å². The van der Waals surface area contributed by atoms with E-state index >= 15 is 0 Å². The molecule has 102 valence electrons. The van der Waals surface area contributed by atoms with Gasteiger partial charge in [-0.2, -0.15) is 4.31 Å². The van der Waals surface area contributed by atoms with Crippen LogP contribution in [0.25, 0.3) is 0 Å². The summed E-state index contributed by atoms with van der Waals surface area (Å²) >= 11 is 7.14. The van der Waals surface area contributed by atoms with Crippen molar-refractivity contribution in [2.45, 2.75) is 43.5 Å². The van der Waals surface area contributed by atoms with Gasteiger partial charge in [0, 0.05) is 22.8 Å². The zero-order valence-electron chi connectivity index (χ0n) is 10.6. The summed E-state index contributed by atoms with van der Waals surface area (Å²) in [6.07, 6.45) is 1.97. The van der Waals surface area contributed by atoms with Gasteiger partial charge in [0.1, 0.15) is 0 Å². The molecule has 1 aliphatic carbocycles. The number of halogens is 1. The van der Waals surface area contributed by atoms with Crippen molar-refractivity contribution in [3.63, 3.8) is 0 Å². The molecule has 0 radical (unpaired) electrons. The molecule has 0 unspecified atom stereocenters. The van der Waals surface area contributed by atoms with E-state index < -0.39 is 10.0 Å². The number of thiophene rings is 1. The second-order valence-corrected chi connectivity index (χ2v) is 8.24. The van der Waals surface area contributed by atoms with Gasteiger partial charge < -0.3 is 0 Å². The molecule has 2 rings (SSSR count). The SMILES string of the molecule is CC(C)CN(C1CC1)S(=O)(=O)c1csc(CCl)c1. The Balaban J connectivity index is 2.26. The average Bonchev–Trinajstić information content (AvgIpc) is 3.01. The van der Waals surface area contributed by atoms with Crippen molar-refractivity contribution in [3.05, 3.63) is 16.3 Å². The van der Waals surface area contributed by atoms with Gasteiger partial charge in [0.15, 0.2) is 0 Å². The Morgan fingerprint density at radius 3 is 2.61 bits per heavy atom. The van der Waals surface area contributed by atoms with Gasteiger partial charge in [0.05, 0.1) is 10.8 Å². The van der Waals surface area contributed by atoms with Crippen LogP contribution in [0.5, 0.6) is 0 Å². The highest BCUT2D eigenvalue weighted by Crippen LogP contribution is 2.34. The number of hydrogen-bond acceptors (Lipinski definition) is 3. The van der Waals surface area contributed by atoms with Crippen molar-refractivity contribution in [2.24, 2.45) is 5.92 Å². The molecule has 6 heteroatoms. The molecule has 18 heavy (non-hydrogen) atoms. The van der Waals surface area contributed by atoms with E-state index in [4.69, 9.17) is 11.6 Å². The molecule has 1 fully saturated rings. The van der Waals surface area contributed by atoms with Gasteiger partial charge in [-0.05, 0) is 24.8 Å². The predicted molar refractivity (Wildman–Crippen MR) is 75.6 cm³/mol. The number of sulfonamides is 1. The van der Waals surface area contributed by atoms with E-state index in [9.17, 15) is 8.42 Å². The smallest absolute Gasteiger partial charge is 0.207 e. The first-order valence-corrected chi connectivity index (χ1v) is 8.95. The Kier molecular flexibility index (Phi) is 4.36. The van der Waals surface area contributed by atoms with Crippen molar-refractivity contribution in [1.29, 1.82) is 0 Å². The van der Waals surface area contributed by atoms with E-state index in [0.717, 1.165) is 17.7 Å². The van der Waals surface area contributed by atoms with Crippen LogP contribution in [0.2, 0.25) is 0 Å². The van der Waals surface area contributed by atoms with E-state index in [-0.39, 0.29) is 6.04 Å². The third-order valence-corrected chi connectivity index (χ3v) is 6.30. The van der Waals surface area contributed by atoms with Gasteiger partial charge in [0.2, 0.25) is 10.0 Å². The lowest BCUT2D eigenvalue weighted by atomic mass is 10.2. The summed E-state index contributed by atoms with van der Waals surface area (Å²) in [4.78, 5) is 1.30. The largest absolute Gasteiger partial charge is 0.244 e. The molecule has 3 nitrogen and oxygen atoms in total. The summed E-state index contributed by atoms with van der Waals surface area (Å²) in [6.45, 7) is 4.68. The average molecular weight is 308 g/mol. The fourth-order valence-electron chi connectivity index (χ4n) is 1.87. The fourth-order valence-corrected chi connectivity index (χ4v) is 5.09. The van der Waals surface area contributed by atoms with E-state index in [1.54, 1.807) is 15.8 Å². The van der Waals surface area contributed by atoms with E-state index in [2.05, 4.69) is 0 Å². The first kappa shape index (κ1) is 14.3. The predicted octanol–water partition coefficient (Wildman–Crippen LogP) is 3.30. The highest BCUT2D eigenvalue weighted by molar-refractivity contribution is 7.89. The van der Waals surface area contributed by atoms with Gasteiger partial charge in [-0.15, -0.1) is 22.9 Å². The Bertz CT molecular complexity index is 506. The van der Waals surface area contributed by atoms with Crippen LogP contribution >= 0.6 is 22.9 Å². The zero-order chi connectivity index (χ0) is 13.3. The summed E-state index contributed by atoms with van der Waals surface area (Å²) in [7, 11) is -3.34. The van der Waals surface area contributed by atoms with Crippen LogP contribution in [-0.4, -0.2) is 25.3 Å². The van der Waals surface area contributed by atoms with Gasteiger partial charge in [0.25, 0.3) is 0 Å². The molecule has 1 aromatic heterocycles. The van der Waals surface area contributed by atoms with Crippen LogP contribution < -0.4 is 0 Å². The molecule has 1 aromatic rings. The third kappa shape index (κ3) is 3.07. The molecular weight excluding hydrogens is 290 g/mol. The molecule has 1 heterocycles. The lowest BCUT2D eigenvalue weighted by Gasteiger charge is -2.23. The van der Waals surface area contributed by atoms with Crippen molar-refractivity contribution >= 4 is 33.0 Å². The van der Waals surface area contributed by atoms with Crippen molar-refractivity contribution in [3.8, 4) is 0 Å². The van der Waals surface area contributed by atoms with Gasteiger partial charge in [-0.25, -0.2) is 8.42 Å². The Labute approximate surface area is 118 Å². The van der Waals surface area contributed by atoms with Crippen LogP contribution in [0.4, 0.5) is 0 Å². The first-order valence-electron chi connectivity index (χ1n) is 6.10. The lowest BCUT2D eigenvalue weighted by Crippen LogP contribution is -2.35. The number of hydrogen-bond donors (Lipinski definition) is 0. The molecule has 0 aliphatic heterocycles. The van der Waals surface area contributed by atoms with E-state index in [1.807, 2.05) is 13.8 Å². The quantitative estimate of drug-likeness (QED) is 0.756. The highest BCUT2D eigenvalue weighted by Gasteiger charge is 2.38. The maximum Gasteiger partial charge on any atom is 0.244 e. The summed E-state index contributed by atoms with van der Waals surface area (Å²) in [5.41, 5.74) is 0. The number of rotatable bonds is 6. The maximum absolute atomic E-state index is 12.6. The normalized spacial score (nSPS) is 16.7. The number of alkyl halides is 1. The van der Waals surface area contributed by atoms with Crippen LogP contribution in [0.1, 0.15) is 31.6 Å². The van der Waals surface area contributed by atoms with Crippen molar-refractivity contribution in [1.82, 2.24) is 4.31 Å². The number of nitrogens with zero attached hydrogens (tertiary/aromatic N) is 1.